The summed E-state index contributed by atoms with van der Waals surface area (Å²) in [6.07, 6.45) is 2.75. The van der Waals surface area contributed by atoms with Crippen LogP contribution in [-0.2, 0) is 15.0 Å². The number of methoxy groups -OCH3 is 1. The van der Waals surface area contributed by atoms with Crippen LogP contribution < -0.4 is 4.74 Å². The Hall–Kier alpha value is -3.15. The van der Waals surface area contributed by atoms with Gasteiger partial charge in [0.15, 0.2) is 0 Å². The van der Waals surface area contributed by atoms with Crippen LogP contribution in [0.15, 0.2) is 48.5 Å². The van der Waals surface area contributed by atoms with E-state index in [2.05, 4.69) is 0 Å². The van der Waals surface area contributed by atoms with Crippen molar-refractivity contribution in [2.75, 3.05) is 7.11 Å². The highest BCUT2D eigenvalue weighted by Gasteiger charge is 2.64. The molecule has 2 aromatic carbocycles. The second kappa shape index (κ2) is 5.92. The highest BCUT2D eigenvalue weighted by atomic mass is 16.7. The van der Waals surface area contributed by atoms with E-state index in [9.17, 15) is 14.4 Å². The van der Waals surface area contributed by atoms with E-state index >= 15 is 0 Å². The Morgan fingerprint density at radius 1 is 1.04 bits per heavy atom. The molecular formula is C22H19NO5. The van der Waals surface area contributed by atoms with Crippen molar-refractivity contribution >= 4 is 17.8 Å². The minimum atomic E-state index is -0.584. The van der Waals surface area contributed by atoms with Crippen molar-refractivity contribution in [1.29, 1.82) is 0 Å². The molecule has 3 fully saturated rings. The van der Waals surface area contributed by atoms with Crippen molar-refractivity contribution in [3.8, 4) is 5.75 Å². The third-order valence-corrected chi connectivity index (χ3v) is 6.51. The normalized spacial score (nSPS) is 27.4. The van der Waals surface area contributed by atoms with Crippen LogP contribution in [0.2, 0.25) is 0 Å². The molecule has 1 aliphatic heterocycles. The summed E-state index contributed by atoms with van der Waals surface area (Å²) in [5.41, 5.74) is 1.32. The van der Waals surface area contributed by atoms with Crippen molar-refractivity contribution in [2.45, 2.75) is 24.7 Å². The van der Waals surface area contributed by atoms with Gasteiger partial charge < -0.3 is 9.57 Å². The summed E-state index contributed by atoms with van der Waals surface area (Å²) >= 11 is 0. The molecule has 3 aliphatic carbocycles. The molecule has 0 N–H and O–H groups in total. The van der Waals surface area contributed by atoms with Crippen LogP contribution in [0.3, 0.4) is 0 Å². The lowest BCUT2D eigenvalue weighted by atomic mass is 9.57. The van der Waals surface area contributed by atoms with Crippen LogP contribution >= 0.6 is 0 Å². The lowest BCUT2D eigenvalue weighted by Gasteiger charge is -2.46. The molecule has 6 nitrogen and oxygen atoms in total. The molecule has 142 valence electrons. The molecule has 1 heterocycles. The minimum Gasteiger partial charge on any atom is -0.497 e. The maximum absolute atomic E-state index is 13.0. The van der Waals surface area contributed by atoms with E-state index in [1.165, 1.54) is 0 Å². The highest BCUT2D eigenvalue weighted by Crippen LogP contribution is 2.64. The van der Waals surface area contributed by atoms with Crippen LogP contribution in [0.25, 0.3) is 0 Å². The number of hydrogen-bond donors (Lipinski definition) is 0. The first kappa shape index (κ1) is 17.0. The number of carbonyl (C=O) groups is 3. The van der Waals surface area contributed by atoms with Crippen molar-refractivity contribution in [3.05, 3.63) is 65.2 Å². The van der Waals surface area contributed by atoms with Gasteiger partial charge in [-0.15, -0.1) is 0 Å². The third-order valence-electron chi connectivity index (χ3n) is 6.51. The van der Waals surface area contributed by atoms with Crippen molar-refractivity contribution in [2.24, 2.45) is 11.8 Å². The van der Waals surface area contributed by atoms with Gasteiger partial charge in [0.05, 0.1) is 24.2 Å². The summed E-state index contributed by atoms with van der Waals surface area (Å²) in [5, 5.41) is 0.618. The standard InChI is InChI=1S/C22H19NO5/c1-27-15-8-6-14(7-9-15)22-11-10-13(12-22)18(22)21(26)28-23-19(24)16-4-2-3-5-17(16)20(23)25/h2-9,13,18H,10-12H2,1H3. The minimum absolute atomic E-state index is 0.227. The molecule has 0 aromatic heterocycles. The van der Waals surface area contributed by atoms with Crippen LogP contribution in [0, 0.1) is 11.8 Å². The number of fused-ring (bicyclic) bond motifs is 2. The second-order valence-electron chi connectivity index (χ2n) is 7.73. The van der Waals surface area contributed by atoms with Gasteiger partial charge in [0.25, 0.3) is 11.8 Å². The van der Waals surface area contributed by atoms with Gasteiger partial charge in [-0.25, -0.2) is 4.79 Å². The molecule has 6 rings (SSSR count). The number of ether oxygens (including phenoxy) is 1. The molecule has 0 radical (unpaired) electrons. The number of imide groups is 1. The van der Waals surface area contributed by atoms with E-state index in [-0.39, 0.29) is 28.4 Å². The van der Waals surface area contributed by atoms with E-state index in [1.54, 1.807) is 31.4 Å². The van der Waals surface area contributed by atoms with Gasteiger partial charge in [0.2, 0.25) is 0 Å². The molecule has 2 aromatic rings. The Balaban J connectivity index is 1.39. The van der Waals surface area contributed by atoms with E-state index < -0.39 is 17.8 Å². The Morgan fingerprint density at radius 2 is 1.68 bits per heavy atom. The first-order valence-electron chi connectivity index (χ1n) is 9.39. The van der Waals surface area contributed by atoms with Crippen LogP contribution in [0.5, 0.6) is 5.75 Å². The Labute approximate surface area is 162 Å². The number of carbonyl (C=O) groups excluding carboxylic acids is 3. The molecule has 2 bridgehead atoms. The molecule has 6 heteroatoms. The Kier molecular flexibility index (Phi) is 3.59. The average molecular weight is 377 g/mol. The van der Waals surface area contributed by atoms with Gasteiger partial charge >= 0.3 is 5.97 Å². The molecule has 2 amide bonds. The van der Waals surface area contributed by atoms with E-state index in [0.717, 1.165) is 30.6 Å². The molecule has 28 heavy (non-hydrogen) atoms. The highest BCUT2D eigenvalue weighted by molar-refractivity contribution is 6.20. The summed E-state index contributed by atoms with van der Waals surface area (Å²) in [6, 6.07) is 14.3. The molecule has 4 aliphatic rings. The number of benzene rings is 2. The smallest absolute Gasteiger partial charge is 0.337 e. The van der Waals surface area contributed by atoms with Crippen molar-refractivity contribution < 1.29 is 24.0 Å². The Bertz CT molecular complexity index is 959. The summed E-state index contributed by atoms with van der Waals surface area (Å²) in [6.45, 7) is 0. The number of hydroxylamine groups is 2. The Morgan fingerprint density at radius 3 is 2.25 bits per heavy atom. The van der Waals surface area contributed by atoms with E-state index in [0.29, 0.717) is 5.06 Å². The van der Waals surface area contributed by atoms with Gasteiger partial charge in [-0.3, -0.25) is 9.59 Å². The number of hydrogen-bond acceptors (Lipinski definition) is 5. The second-order valence-corrected chi connectivity index (χ2v) is 7.73. The van der Waals surface area contributed by atoms with Crippen LogP contribution in [0.4, 0.5) is 0 Å². The quantitative estimate of drug-likeness (QED) is 0.766. The fraction of sp³-hybridized carbons (Fsp3) is 0.318. The van der Waals surface area contributed by atoms with Crippen LogP contribution in [0.1, 0.15) is 45.5 Å². The van der Waals surface area contributed by atoms with Gasteiger partial charge in [-0.1, -0.05) is 29.3 Å². The maximum Gasteiger partial charge on any atom is 0.337 e. The molecular weight excluding hydrogens is 358 g/mol. The van der Waals surface area contributed by atoms with Crippen LogP contribution in [-0.4, -0.2) is 30.0 Å². The molecule has 0 saturated heterocycles. The number of amides is 2. The lowest BCUT2D eigenvalue weighted by molar-refractivity contribution is -0.182. The lowest BCUT2D eigenvalue weighted by Crippen LogP contribution is -2.51. The van der Waals surface area contributed by atoms with Gasteiger partial charge in [0.1, 0.15) is 5.75 Å². The maximum atomic E-state index is 13.0. The molecule has 3 unspecified atom stereocenters. The van der Waals surface area contributed by atoms with Gasteiger partial charge in [0, 0.05) is 5.41 Å². The summed E-state index contributed by atoms with van der Waals surface area (Å²) < 4.78 is 5.22. The predicted molar refractivity (Wildman–Crippen MR) is 98.5 cm³/mol. The fourth-order valence-corrected chi connectivity index (χ4v) is 5.15. The zero-order valence-corrected chi connectivity index (χ0v) is 15.4. The first-order valence-corrected chi connectivity index (χ1v) is 9.39. The molecule has 3 atom stereocenters. The van der Waals surface area contributed by atoms with E-state index in [1.807, 2.05) is 24.3 Å². The van der Waals surface area contributed by atoms with Crippen molar-refractivity contribution in [1.82, 2.24) is 5.06 Å². The van der Waals surface area contributed by atoms with E-state index in [4.69, 9.17) is 9.57 Å². The summed E-state index contributed by atoms with van der Waals surface area (Å²) in [7, 11) is 1.62. The SMILES string of the molecule is COc1ccc(C23CCC(C2)C3C(=O)ON2C(=O)c3ccccc3C2=O)cc1. The number of nitrogens with zero attached hydrogens (tertiary/aromatic N) is 1. The fourth-order valence-electron chi connectivity index (χ4n) is 5.15. The predicted octanol–water partition coefficient (Wildman–Crippen LogP) is 3.12. The monoisotopic (exact) mass is 377 g/mol. The average Bonchev–Trinajstić information content (AvgIpc) is 3.37. The van der Waals surface area contributed by atoms with Gasteiger partial charge in [-0.2, -0.15) is 0 Å². The first-order chi connectivity index (χ1) is 13.5. The number of rotatable bonds is 4. The molecule has 0 spiro atoms. The third kappa shape index (κ3) is 2.17. The van der Waals surface area contributed by atoms with Crippen molar-refractivity contribution in [3.63, 3.8) is 0 Å². The topological polar surface area (TPSA) is 72.9 Å². The summed E-state index contributed by atoms with van der Waals surface area (Å²) in [4.78, 5) is 43.3. The molecule has 3 saturated carbocycles. The van der Waals surface area contributed by atoms with Gasteiger partial charge in [-0.05, 0) is 55.0 Å². The zero-order chi connectivity index (χ0) is 19.5. The largest absolute Gasteiger partial charge is 0.497 e. The summed E-state index contributed by atoms with van der Waals surface area (Å²) in [5.74, 6) is -1.02. The zero-order valence-electron chi connectivity index (χ0n) is 15.4.